The molecule has 1 aromatic carbocycles. The molecule has 2 heterocycles. The molecule has 0 saturated heterocycles. The van der Waals surface area contributed by atoms with Gasteiger partial charge in [0.15, 0.2) is 0 Å². The van der Waals surface area contributed by atoms with Crippen LogP contribution < -0.4 is 5.32 Å². The fraction of sp³-hybridized carbons (Fsp3) is 0.0667. The van der Waals surface area contributed by atoms with Gasteiger partial charge in [0, 0.05) is 22.9 Å². The minimum Gasteiger partial charge on any atom is -0.346 e. The van der Waals surface area contributed by atoms with Gasteiger partial charge in [-0.05, 0) is 34.1 Å². The van der Waals surface area contributed by atoms with Gasteiger partial charge in [0.1, 0.15) is 11.2 Å². The molecule has 0 saturated carbocycles. The summed E-state index contributed by atoms with van der Waals surface area (Å²) < 4.78 is 2.74. The van der Waals surface area contributed by atoms with Crippen LogP contribution in [0.4, 0.5) is 5.69 Å². The third kappa shape index (κ3) is 3.21. The SMILES string of the molecule is O=C(NCc1cn2cc(Br)ccc2n1)c1ccccc1[N+](=O)[O-]. The Labute approximate surface area is 139 Å². The van der Waals surface area contributed by atoms with Crippen LogP contribution in [0.5, 0.6) is 0 Å². The number of imidazole rings is 1. The lowest BCUT2D eigenvalue weighted by Gasteiger charge is -2.03. The van der Waals surface area contributed by atoms with Crippen molar-refractivity contribution in [1.29, 1.82) is 0 Å². The number of carbonyl (C=O) groups excluding carboxylic acids is 1. The highest BCUT2D eigenvalue weighted by Gasteiger charge is 2.19. The monoisotopic (exact) mass is 374 g/mol. The normalized spacial score (nSPS) is 10.7. The Morgan fingerprint density at radius 1 is 1.26 bits per heavy atom. The van der Waals surface area contributed by atoms with Crippen molar-refractivity contribution in [3.05, 3.63) is 74.6 Å². The van der Waals surface area contributed by atoms with Gasteiger partial charge >= 0.3 is 0 Å². The standard InChI is InChI=1S/C15H11BrN4O3/c16-10-5-6-14-18-11(9-19(14)8-10)7-17-15(21)12-3-1-2-4-13(12)20(22)23/h1-6,8-9H,7H2,(H,17,21). The first kappa shape index (κ1) is 15.2. The molecule has 0 aliphatic heterocycles. The molecule has 3 rings (SSSR count). The fourth-order valence-corrected chi connectivity index (χ4v) is 2.55. The number of nitrogens with zero attached hydrogens (tertiary/aromatic N) is 3. The Kier molecular flexibility index (Phi) is 4.07. The number of carbonyl (C=O) groups is 1. The average Bonchev–Trinajstić information content (AvgIpc) is 2.94. The number of benzene rings is 1. The molecule has 2 aromatic heterocycles. The van der Waals surface area contributed by atoms with Crippen molar-refractivity contribution >= 4 is 33.2 Å². The number of nitro benzene ring substituents is 1. The van der Waals surface area contributed by atoms with E-state index in [0.717, 1.165) is 10.1 Å². The average molecular weight is 375 g/mol. The summed E-state index contributed by atoms with van der Waals surface area (Å²) in [7, 11) is 0. The van der Waals surface area contributed by atoms with Crippen LogP contribution in [-0.4, -0.2) is 20.2 Å². The van der Waals surface area contributed by atoms with Gasteiger partial charge in [-0.3, -0.25) is 14.9 Å². The molecule has 0 aliphatic rings. The summed E-state index contributed by atoms with van der Waals surface area (Å²) >= 11 is 3.37. The van der Waals surface area contributed by atoms with Crippen LogP contribution in [0.2, 0.25) is 0 Å². The summed E-state index contributed by atoms with van der Waals surface area (Å²) in [5.41, 5.74) is 1.23. The topological polar surface area (TPSA) is 89.5 Å². The van der Waals surface area contributed by atoms with E-state index in [1.54, 1.807) is 12.3 Å². The molecule has 23 heavy (non-hydrogen) atoms. The number of hydrogen-bond donors (Lipinski definition) is 1. The first-order valence-electron chi connectivity index (χ1n) is 6.69. The molecule has 116 valence electrons. The Morgan fingerprint density at radius 2 is 2.04 bits per heavy atom. The smallest absolute Gasteiger partial charge is 0.282 e. The van der Waals surface area contributed by atoms with Crippen molar-refractivity contribution in [2.45, 2.75) is 6.54 Å². The number of fused-ring (bicyclic) bond motifs is 1. The van der Waals surface area contributed by atoms with E-state index in [1.807, 2.05) is 22.7 Å². The molecule has 0 aliphatic carbocycles. The molecule has 0 radical (unpaired) electrons. The maximum Gasteiger partial charge on any atom is 0.282 e. The highest BCUT2D eigenvalue weighted by atomic mass is 79.9. The van der Waals surface area contributed by atoms with Crippen LogP contribution in [0.25, 0.3) is 5.65 Å². The van der Waals surface area contributed by atoms with Crippen LogP contribution in [0, 0.1) is 10.1 Å². The third-order valence-electron chi connectivity index (χ3n) is 3.24. The largest absolute Gasteiger partial charge is 0.346 e. The van der Waals surface area contributed by atoms with Gasteiger partial charge in [0.05, 0.1) is 17.2 Å². The zero-order valence-electron chi connectivity index (χ0n) is 11.8. The number of nitro groups is 1. The number of para-hydroxylation sites is 1. The summed E-state index contributed by atoms with van der Waals surface area (Å²) in [6.45, 7) is 0.185. The van der Waals surface area contributed by atoms with E-state index in [0.29, 0.717) is 5.69 Å². The Morgan fingerprint density at radius 3 is 2.83 bits per heavy atom. The number of amides is 1. The van der Waals surface area contributed by atoms with Crippen molar-refractivity contribution in [2.75, 3.05) is 0 Å². The summed E-state index contributed by atoms with van der Waals surface area (Å²) in [6, 6.07) is 9.56. The molecule has 0 atom stereocenters. The molecule has 1 N–H and O–H groups in total. The van der Waals surface area contributed by atoms with E-state index in [-0.39, 0.29) is 17.8 Å². The molecular weight excluding hydrogens is 364 g/mol. The van der Waals surface area contributed by atoms with Crippen molar-refractivity contribution in [3.8, 4) is 0 Å². The number of aromatic nitrogens is 2. The highest BCUT2D eigenvalue weighted by Crippen LogP contribution is 2.17. The van der Waals surface area contributed by atoms with E-state index in [2.05, 4.69) is 26.2 Å². The first-order chi connectivity index (χ1) is 11.0. The van der Waals surface area contributed by atoms with Crippen molar-refractivity contribution in [1.82, 2.24) is 14.7 Å². The molecule has 3 aromatic rings. The summed E-state index contributed by atoms with van der Waals surface area (Å²) in [4.78, 5) is 26.9. The zero-order chi connectivity index (χ0) is 16.4. The van der Waals surface area contributed by atoms with Gasteiger partial charge in [-0.1, -0.05) is 12.1 Å². The van der Waals surface area contributed by atoms with Crippen LogP contribution in [0.3, 0.4) is 0 Å². The summed E-state index contributed by atoms with van der Waals surface area (Å²) in [5.74, 6) is -0.504. The second kappa shape index (κ2) is 6.17. The highest BCUT2D eigenvalue weighted by molar-refractivity contribution is 9.10. The number of rotatable bonds is 4. The lowest BCUT2D eigenvalue weighted by atomic mass is 10.1. The number of hydrogen-bond acceptors (Lipinski definition) is 4. The lowest BCUT2D eigenvalue weighted by molar-refractivity contribution is -0.385. The van der Waals surface area contributed by atoms with Crippen LogP contribution in [0.1, 0.15) is 16.1 Å². The molecule has 1 amide bonds. The number of nitrogens with one attached hydrogen (secondary N) is 1. The second-order valence-electron chi connectivity index (χ2n) is 4.80. The van der Waals surface area contributed by atoms with Crippen molar-refractivity contribution in [3.63, 3.8) is 0 Å². The molecule has 7 nitrogen and oxygen atoms in total. The predicted molar refractivity (Wildman–Crippen MR) is 87.2 cm³/mol. The zero-order valence-corrected chi connectivity index (χ0v) is 13.4. The molecular formula is C15H11BrN4O3. The quantitative estimate of drug-likeness (QED) is 0.561. The molecule has 8 heteroatoms. The minimum absolute atomic E-state index is 0.0315. The summed E-state index contributed by atoms with van der Waals surface area (Å²) in [5, 5.41) is 13.6. The third-order valence-corrected chi connectivity index (χ3v) is 3.71. The second-order valence-corrected chi connectivity index (χ2v) is 5.72. The van der Waals surface area contributed by atoms with Crippen molar-refractivity contribution in [2.24, 2.45) is 0 Å². The van der Waals surface area contributed by atoms with Crippen molar-refractivity contribution < 1.29 is 9.72 Å². The van der Waals surface area contributed by atoms with E-state index in [1.165, 1.54) is 18.2 Å². The minimum atomic E-state index is -0.572. The Hall–Kier alpha value is -2.74. The van der Waals surface area contributed by atoms with Crippen LogP contribution >= 0.6 is 15.9 Å². The molecule has 0 unspecified atom stereocenters. The lowest BCUT2D eigenvalue weighted by Crippen LogP contribution is -2.23. The molecule has 0 spiro atoms. The van der Waals surface area contributed by atoms with E-state index < -0.39 is 10.8 Å². The van der Waals surface area contributed by atoms with Crippen LogP contribution in [-0.2, 0) is 6.54 Å². The van der Waals surface area contributed by atoms with Gasteiger partial charge in [0.25, 0.3) is 11.6 Å². The molecule has 0 fully saturated rings. The van der Waals surface area contributed by atoms with Crippen LogP contribution in [0.15, 0.2) is 53.3 Å². The maximum absolute atomic E-state index is 12.2. The van der Waals surface area contributed by atoms with Gasteiger partial charge < -0.3 is 9.72 Å². The Balaban J connectivity index is 1.77. The van der Waals surface area contributed by atoms with Gasteiger partial charge in [-0.2, -0.15) is 0 Å². The van der Waals surface area contributed by atoms with Gasteiger partial charge in [-0.25, -0.2) is 4.98 Å². The number of halogens is 1. The predicted octanol–water partition coefficient (Wildman–Crippen LogP) is 2.94. The molecule has 0 bridgehead atoms. The fourth-order valence-electron chi connectivity index (χ4n) is 2.19. The van der Waals surface area contributed by atoms with Gasteiger partial charge in [-0.15, -0.1) is 0 Å². The van der Waals surface area contributed by atoms with E-state index in [9.17, 15) is 14.9 Å². The number of pyridine rings is 1. The maximum atomic E-state index is 12.2. The van der Waals surface area contributed by atoms with Gasteiger partial charge in [0.2, 0.25) is 0 Å². The Bertz CT molecular complexity index is 907. The first-order valence-corrected chi connectivity index (χ1v) is 7.48. The van der Waals surface area contributed by atoms with E-state index in [4.69, 9.17) is 0 Å². The van der Waals surface area contributed by atoms with E-state index >= 15 is 0 Å². The summed E-state index contributed by atoms with van der Waals surface area (Å²) in [6.07, 6.45) is 3.65.